The number of hydrogen-bond acceptors (Lipinski definition) is 4. The third-order valence-corrected chi connectivity index (χ3v) is 8.09. The summed E-state index contributed by atoms with van der Waals surface area (Å²) in [5.74, 6) is -1.45. The average Bonchev–Trinajstić information content (AvgIpc) is 2.89. The summed E-state index contributed by atoms with van der Waals surface area (Å²) in [4.78, 5) is 29.1. The molecule has 0 aliphatic carbocycles. The minimum Gasteiger partial charge on any atom is -0.352 e. The van der Waals surface area contributed by atoms with Crippen LogP contribution in [0.15, 0.2) is 78.9 Å². The molecule has 1 N–H and O–H groups in total. The van der Waals surface area contributed by atoms with Gasteiger partial charge < -0.3 is 10.2 Å². The Morgan fingerprint density at radius 3 is 2.10 bits per heavy atom. The lowest BCUT2D eigenvalue weighted by Gasteiger charge is -2.34. The van der Waals surface area contributed by atoms with Crippen molar-refractivity contribution in [2.45, 2.75) is 45.8 Å². The van der Waals surface area contributed by atoms with Gasteiger partial charge in [0.05, 0.1) is 5.69 Å². The molecule has 3 aromatic carbocycles. The molecule has 0 saturated carbocycles. The second kappa shape index (κ2) is 13.5. The third kappa shape index (κ3) is 8.12. The summed E-state index contributed by atoms with van der Waals surface area (Å²) in [7, 11) is -1.43. The summed E-state index contributed by atoms with van der Waals surface area (Å²) < 4.78 is 42.2. The second-order valence-corrected chi connectivity index (χ2v) is 12.2. The first-order chi connectivity index (χ1) is 18.9. The third-order valence-electron chi connectivity index (χ3n) is 6.27. The number of halogens is 1. The summed E-state index contributed by atoms with van der Waals surface area (Å²) in [6.07, 6.45) is 0.230. The van der Waals surface area contributed by atoms with Crippen LogP contribution >= 0.6 is 0 Å². The molecule has 10 heteroatoms. The highest BCUT2D eigenvalue weighted by Crippen LogP contribution is 2.22. The highest BCUT2D eigenvalue weighted by Gasteiger charge is 2.34. The average molecular weight is 569 g/mol. The predicted molar refractivity (Wildman–Crippen MR) is 155 cm³/mol. The normalized spacial score (nSPS) is 12.3. The fourth-order valence-electron chi connectivity index (χ4n) is 4.27. The molecule has 1 unspecified atom stereocenters. The maximum absolute atomic E-state index is 14.1. The molecular weight excluding hydrogens is 531 g/mol. The van der Waals surface area contributed by atoms with Crippen LogP contribution in [-0.2, 0) is 32.8 Å². The van der Waals surface area contributed by atoms with Crippen LogP contribution in [0.1, 0.15) is 30.5 Å². The fourth-order valence-corrected chi connectivity index (χ4v) is 5.32. The number of aryl methyl sites for hydroxylation is 1. The quantitative estimate of drug-likeness (QED) is 0.359. The lowest BCUT2D eigenvalue weighted by Crippen LogP contribution is -2.55. The summed E-state index contributed by atoms with van der Waals surface area (Å²) in [6, 6.07) is 20.7. The smallest absolute Gasteiger partial charge is 0.304 e. The first-order valence-electron chi connectivity index (χ1n) is 13.0. The van der Waals surface area contributed by atoms with E-state index in [9.17, 15) is 22.4 Å². The van der Waals surface area contributed by atoms with Crippen molar-refractivity contribution in [2.24, 2.45) is 0 Å². The van der Waals surface area contributed by atoms with E-state index >= 15 is 0 Å². The van der Waals surface area contributed by atoms with Crippen molar-refractivity contribution in [3.63, 3.8) is 0 Å². The molecule has 0 aromatic heterocycles. The van der Waals surface area contributed by atoms with Crippen LogP contribution in [0.3, 0.4) is 0 Å². The molecule has 214 valence electrons. The van der Waals surface area contributed by atoms with E-state index in [1.54, 1.807) is 0 Å². The van der Waals surface area contributed by atoms with E-state index in [4.69, 9.17) is 0 Å². The van der Waals surface area contributed by atoms with E-state index in [1.165, 1.54) is 31.1 Å². The van der Waals surface area contributed by atoms with Gasteiger partial charge in [0.1, 0.15) is 18.4 Å². The summed E-state index contributed by atoms with van der Waals surface area (Å²) in [5, 5.41) is 2.92. The van der Waals surface area contributed by atoms with E-state index in [-0.39, 0.29) is 30.6 Å². The Kier molecular flexibility index (Phi) is 10.4. The van der Waals surface area contributed by atoms with Crippen molar-refractivity contribution in [1.82, 2.24) is 14.5 Å². The van der Waals surface area contributed by atoms with Crippen LogP contribution in [0, 0.1) is 12.7 Å². The van der Waals surface area contributed by atoms with Crippen molar-refractivity contribution >= 4 is 27.7 Å². The molecule has 0 fully saturated rings. The van der Waals surface area contributed by atoms with Gasteiger partial charge in [-0.1, -0.05) is 60.2 Å². The Bertz CT molecular complexity index is 1400. The highest BCUT2D eigenvalue weighted by molar-refractivity contribution is 7.90. The number of rotatable bonds is 12. The number of nitrogens with one attached hydrogen (secondary N) is 1. The van der Waals surface area contributed by atoms with Gasteiger partial charge in [-0.3, -0.25) is 9.59 Å². The van der Waals surface area contributed by atoms with Gasteiger partial charge in [0.2, 0.25) is 11.8 Å². The molecule has 0 aliphatic heterocycles. The molecule has 0 aliphatic rings. The predicted octanol–water partition coefficient (Wildman–Crippen LogP) is 3.91. The zero-order valence-corrected chi connectivity index (χ0v) is 24.4. The van der Waals surface area contributed by atoms with Crippen LogP contribution in [0.4, 0.5) is 10.1 Å². The number of carbonyl (C=O) groups excluding carboxylic acids is 2. The molecule has 1 atom stereocenters. The van der Waals surface area contributed by atoms with Gasteiger partial charge in [0.15, 0.2) is 0 Å². The van der Waals surface area contributed by atoms with Crippen molar-refractivity contribution in [2.75, 3.05) is 24.9 Å². The summed E-state index contributed by atoms with van der Waals surface area (Å²) in [6.45, 7) is 5.11. The topological polar surface area (TPSA) is 90.0 Å². The molecule has 0 radical (unpaired) electrons. The van der Waals surface area contributed by atoms with Crippen LogP contribution in [0.5, 0.6) is 0 Å². The Morgan fingerprint density at radius 2 is 1.52 bits per heavy atom. The number of amides is 2. The van der Waals surface area contributed by atoms with E-state index in [0.717, 1.165) is 37.4 Å². The number of hydrogen-bond donors (Lipinski definition) is 1. The van der Waals surface area contributed by atoms with Gasteiger partial charge in [-0.15, -0.1) is 0 Å². The Morgan fingerprint density at radius 1 is 0.900 bits per heavy atom. The Balaban J connectivity index is 2.09. The number of nitrogens with zero attached hydrogens (tertiary/aromatic N) is 3. The minimum atomic E-state index is -4.14. The van der Waals surface area contributed by atoms with Gasteiger partial charge in [-0.25, -0.2) is 8.70 Å². The van der Waals surface area contributed by atoms with Gasteiger partial charge in [0, 0.05) is 33.1 Å². The van der Waals surface area contributed by atoms with Crippen molar-refractivity contribution < 1.29 is 22.4 Å². The molecule has 0 heterocycles. The molecule has 0 spiro atoms. The van der Waals surface area contributed by atoms with Crippen LogP contribution in [-0.4, -0.2) is 62.2 Å². The second-order valence-electron chi connectivity index (χ2n) is 10.2. The van der Waals surface area contributed by atoms with E-state index in [0.29, 0.717) is 0 Å². The fraction of sp³-hybridized carbons (Fsp3) is 0.333. The van der Waals surface area contributed by atoms with Crippen LogP contribution < -0.4 is 9.62 Å². The summed E-state index contributed by atoms with van der Waals surface area (Å²) in [5.41, 5.74) is 2.77. The molecule has 3 rings (SSSR count). The first-order valence-corrected chi connectivity index (χ1v) is 14.4. The number of carbonyl (C=O) groups is 2. The van der Waals surface area contributed by atoms with Gasteiger partial charge in [-0.2, -0.15) is 12.7 Å². The zero-order valence-electron chi connectivity index (χ0n) is 23.5. The standard InChI is InChI=1S/C30H37FN4O4S/c1-22(2)32-30(37)28(19-24-11-7-6-8-12-24)34(20-25-13-9-10-23(3)18-25)29(36)21-35(40(38,39)33(4)5)27-16-14-26(31)15-17-27/h6-18,22,28H,19-21H2,1-5H3,(H,32,37). The maximum atomic E-state index is 14.1. The minimum absolute atomic E-state index is 0.0861. The number of benzene rings is 3. The Labute approximate surface area is 236 Å². The first kappa shape index (κ1) is 30.8. The number of anilines is 1. The zero-order chi connectivity index (χ0) is 29.4. The SMILES string of the molecule is Cc1cccc(CN(C(=O)CN(c2ccc(F)cc2)S(=O)(=O)N(C)C)C(Cc2ccccc2)C(=O)NC(C)C)c1. The molecular formula is C30H37FN4O4S. The molecule has 3 aromatic rings. The van der Waals surface area contributed by atoms with E-state index in [1.807, 2.05) is 75.4 Å². The van der Waals surface area contributed by atoms with E-state index in [2.05, 4.69) is 5.32 Å². The maximum Gasteiger partial charge on any atom is 0.304 e. The van der Waals surface area contributed by atoms with Crippen LogP contribution in [0.25, 0.3) is 0 Å². The van der Waals surface area contributed by atoms with Crippen LogP contribution in [0.2, 0.25) is 0 Å². The molecule has 0 saturated heterocycles. The lowest BCUT2D eigenvalue weighted by atomic mass is 10.0. The lowest BCUT2D eigenvalue weighted by molar-refractivity contribution is -0.140. The van der Waals surface area contributed by atoms with E-state index < -0.39 is 34.5 Å². The van der Waals surface area contributed by atoms with Crippen molar-refractivity contribution in [3.05, 3.63) is 101 Å². The highest BCUT2D eigenvalue weighted by atomic mass is 32.2. The molecule has 8 nitrogen and oxygen atoms in total. The largest absolute Gasteiger partial charge is 0.352 e. The van der Waals surface area contributed by atoms with Crippen molar-refractivity contribution in [1.29, 1.82) is 0 Å². The Hall–Kier alpha value is -3.76. The van der Waals surface area contributed by atoms with Crippen molar-refractivity contribution in [3.8, 4) is 0 Å². The monoisotopic (exact) mass is 568 g/mol. The van der Waals surface area contributed by atoms with Gasteiger partial charge in [0.25, 0.3) is 0 Å². The van der Waals surface area contributed by atoms with Gasteiger partial charge >= 0.3 is 10.2 Å². The summed E-state index contributed by atoms with van der Waals surface area (Å²) >= 11 is 0. The van der Waals surface area contributed by atoms with Gasteiger partial charge in [-0.05, 0) is 56.2 Å². The molecule has 0 bridgehead atoms. The molecule has 40 heavy (non-hydrogen) atoms. The molecule has 2 amide bonds.